The van der Waals surface area contributed by atoms with Crippen molar-refractivity contribution in [2.24, 2.45) is 4.99 Å². The van der Waals surface area contributed by atoms with Crippen molar-refractivity contribution in [3.8, 4) is 0 Å². The van der Waals surface area contributed by atoms with Crippen molar-refractivity contribution >= 4 is 17.7 Å². The Hall–Kier alpha value is -1.45. The molecule has 2 heterocycles. The Morgan fingerprint density at radius 2 is 2.50 bits per heavy atom. The SMILES string of the molecule is N=C1C=Nc2nc[nH]c2C1. The predicted molar refractivity (Wildman–Crippen MR) is 38.2 cm³/mol. The van der Waals surface area contributed by atoms with Crippen LogP contribution in [0.3, 0.4) is 0 Å². The number of aromatic nitrogens is 2. The molecule has 0 saturated carbocycles. The number of imidazole rings is 1. The van der Waals surface area contributed by atoms with Crippen LogP contribution in [0.5, 0.6) is 0 Å². The van der Waals surface area contributed by atoms with E-state index in [-0.39, 0.29) is 0 Å². The highest BCUT2D eigenvalue weighted by Crippen LogP contribution is 2.16. The average Bonchev–Trinajstić information content (AvgIpc) is 2.33. The summed E-state index contributed by atoms with van der Waals surface area (Å²) in [6.07, 6.45) is 3.75. The highest BCUT2D eigenvalue weighted by atomic mass is 15.0. The van der Waals surface area contributed by atoms with Gasteiger partial charge in [-0.15, -0.1) is 0 Å². The van der Waals surface area contributed by atoms with E-state index in [4.69, 9.17) is 5.41 Å². The summed E-state index contributed by atoms with van der Waals surface area (Å²) in [6, 6.07) is 0. The number of aliphatic imine (C=N–C) groups is 1. The van der Waals surface area contributed by atoms with Gasteiger partial charge in [0.2, 0.25) is 0 Å². The quantitative estimate of drug-likeness (QED) is 0.538. The lowest BCUT2D eigenvalue weighted by atomic mass is 10.2. The van der Waals surface area contributed by atoms with E-state index >= 15 is 0 Å². The fourth-order valence-electron chi connectivity index (χ4n) is 0.930. The Balaban J connectivity index is 2.52. The van der Waals surface area contributed by atoms with Gasteiger partial charge in [0.25, 0.3) is 0 Å². The molecule has 1 aromatic rings. The molecule has 0 unspecified atom stereocenters. The van der Waals surface area contributed by atoms with Gasteiger partial charge in [-0.1, -0.05) is 0 Å². The van der Waals surface area contributed by atoms with Gasteiger partial charge in [0.15, 0.2) is 5.82 Å². The molecule has 0 amide bonds. The molecule has 4 nitrogen and oxygen atoms in total. The van der Waals surface area contributed by atoms with Crippen molar-refractivity contribution < 1.29 is 0 Å². The summed E-state index contributed by atoms with van der Waals surface area (Å²) < 4.78 is 0. The zero-order valence-electron chi connectivity index (χ0n) is 5.26. The van der Waals surface area contributed by atoms with Crippen LogP contribution in [0.1, 0.15) is 5.69 Å². The molecule has 1 aliphatic heterocycles. The monoisotopic (exact) mass is 134 g/mol. The molecule has 50 valence electrons. The van der Waals surface area contributed by atoms with E-state index in [0.717, 1.165) is 11.5 Å². The smallest absolute Gasteiger partial charge is 0.173 e. The minimum atomic E-state index is 0.525. The Morgan fingerprint density at radius 3 is 3.40 bits per heavy atom. The number of H-pyrrole nitrogens is 1. The maximum atomic E-state index is 7.26. The maximum Gasteiger partial charge on any atom is 0.173 e. The third-order valence-corrected chi connectivity index (χ3v) is 1.41. The highest BCUT2D eigenvalue weighted by Gasteiger charge is 2.09. The van der Waals surface area contributed by atoms with Crippen molar-refractivity contribution in [3.05, 3.63) is 12.0 Å². The van der Waals surface area contributed by atoms with Crippen LogP contribution in [-0.2, 0) is 6.42 Å². The molecule has 0 atom stereocenters. The number of aromatic amines is 1. The van der Waals surface area contributed by atoms with Gasteiger partial charge in [-0.05, 0) is 0 Å². The van der Waals surface area contributed by atoms with Gasteiger partial charge in [0.1, 0.15) is 0 Å². The number of nitrogens with zero attached hydrogens (tertiary/aromatic N) is 2. The lowest BCUT2D eigenvalue weighted by Crippen LogP contribution is -2.06. The Morgan fingerprint density at radius 1 is 1.60 bits per heavy atom. The van der Waals surface area contributed by atoms with Crippen LogP contribution < -0.4 is 0 Å². The third kappa shape index (κ3) is 0.655. The zero-order chi connectivity index (χ0) is 6.97. The molecular weight excluding hydrogens is 128 g/mol. The van der Waals surface area contributed by atoms with Crippen LogP contribution in [-0.4, -0.2) is 21.9 Å². The molecule has 2 N–H and O–H groups in total. The summed E-state index contributed by atoms with van der Waals surface area (Å²) in [7, 11) is 0. The fraction of sp³-hybridized carbons (Fsp3) is 0.167. The molecule has 10 heavy (non-hydrogen) atoms. The van der Waals surface area contributed by atoms with E-state index < -0.39 is 0 Å². The summed E-state index contributed by atoms with van der Waals surface area (Å²) in [4.78, 5) is 10.8. The minimum absolute atomic E-state index is 0.525. The van der Waals surface area contributed by atoms with Gasteiger partial charge < -0.3 is 10.4 Å². The molecule has 0 spiro atoms. The first-order chi connectivity index (χ1) is 4.86. The van der Waals surface area contributed by atoms with E-state index in [2.05, 4.69) is 15.0 Å². The number of nitrogens with one attached hydrogen (secondary N) is 2. The normalized spacial score (nSPS) is 15.4. The second-order valence-electron chi connectivity index (χ2n) is 2.16. The summed E-state index contributed by atoms with van der Waals surface area (Å²) in [6.45, 7) is 0. The molecule has 0 aliphatic carbocycles. The largest absolute Gasteiger partial charge is 0.346 e. The molecule has 1 aromatic heterocycles. The Labute approximate surface area is 57.5 Å². The van der Waals surface area contributed by atoms with Gasteiger partial charge in [0, 0.05) is 6.42 Å². The summed E-state index contributed by atoms with van der Waals surface area (Å²) >= 11 is 0. The Bertz CT molecular complexity index is 296. The van der Waals surface area contributed by atoms with E-state index in [1.54, 1.807) is 6.33 Å². The molecule has 0 saturated heterocycles. The van der Waals surface area contributed by atoms with Crippen molar-refractivity contribution in [1.82, 2.24) is 9.97 Å². The number of hydrogen-bond acceptors (Lipinski definition) is 3. The Kier molecular flexibility index (Phi) is 0.943. The summed E-state index contributed by atoms with van der Waals surface area (Å²) in [5, 5.41) is 7.26. The first-order valence-electron chi connectivity index (χ1n) is 3.00. The number of rotatable bonds is 0. The topological polar surface area (TPSA) is 64.9 Å². The molecule has 2 rings (SSSR count). The second kappa shape index (κ2) is 1.76. The zero-order valence-corrected chi connectivity index (χ0v) is 5.26. The van der Waals surface area contributed by atoms with Crippen LogP contribution in [0.4, 0.5) is 5.82 Å². The standard InChI is InChI=1S/C6H6N4/c7-4-1-5-6(8-2-4)10-3-9-5/h2-3,7H,1H2,(H,9,10). The van der Waals surface area contributed by atoms with Crippen molar-refractivity contribution in [2.75, 3.05) is 0 Å². The highest BCUT2D eigenvalue weighted by molar-refractivity contribution is 6.31. The van der Waals surface area contributed by atoms with Gasteiger partial charge in [0.05, 0.1) is 23.9 Å². The maximum absolute atomic E-state index is 7.26. The third-order valence-electron chi connectivity index (χ3n) is 1.41. The molecule has 0 bridgehead atoms. The van der Waals surface area contributed by atoms with Gasteiger partial charge >= 0.3 is 0 Å². The molecule has 0 fully saturated rings. The van der Waals surface area contributed by atoms with Gasteiger partial charge in [-0.3, -0.25) is 0 Å². The van der Waals surface area contributed by atoms with Gasteiger partial charge in [-0.25, -0.2) is 9.98 Å². The molecular formula is C6H6N4. The molecule has 0 aromatic carbocycles. The minimum Gasteiger partial charge on any atom is -0.346 e. The van der Waals surface area contributed by atoms with Crippen molar-refractivity contribution in [3.63, 3.8) is 0 Å². The molecule has 4 heteroatoms. The van der Waals surface area contributed by atoms with Crippen LogP contribution in [0.15, 0.2) is 11.3 Å². The van der Waals surface area contributed by atoms with Crippen molar-refractivity contribution in [1.29, 1.82) is 5.41 Å². The first-order valence-corrected chi connectivity index (χ1v) is 3.00. The first kappa shape index (κ1) is 5.34. The summed E-state index contributed by atoms with van der Waals surface area (Å²) in [5.41, 5.74) is 1.46. The van der Waals surface area contributed by atoms with Crippen LogP contribution in [0, 0.1) is 5.41 Å². The second-order valence-corrected chi connectivity index (χ2v) is 2.16. The lowest BCUT2D eigenvalue weighted by Gasteiger charge is -2.01. The number of hydrogen-bond donors (Lipinski definition) is 2. The van der Waals surface area contributed by atoms with Crippen LogP contribution >= 0.6 is 0 Å². The summed E-state index contributed by atoms with van der Waals surface area (Å²) in [5.74, 6) is 0.719. The predicted octanol–water partition coefficient (Wildman–Crippen LogP) is 0.688. The molecule has 1 aliphatic rings. The van der Waals surface area contributed by atoms with Crippen LogP contribution in [0.2, 0.25) is 0 Å². The van der Waals surface area contributed by atoms with Gasteiger partial charge in [-0.2, -0.15) is 0 Å². The van der Waals surface area contributed by atoms with E-state index in [0.29, 0.717) is 12.1 Å². The fourth-order valence-corrected chi connectivity index (χ4v) is 0.930. The lowest BCUT2D eigenvalue weighted by molar-refractivity contribution is 1.17. The van der Waals surface area contributed by atoms with E-state index in [9.17, 15) is 0 Å². The number of fused-ring (bicyclic) bond motifs is 1. The van der Waals surface area contributed by atoms with Crippen LogP contribution in [0.25, 0.3) is 0 Å². The van der Waals surface area contributed by atoms with E-state index in [1.807, 2.05) is 0 Å². The molecule has 0 radical (unpaired) electrons. The average molecular weight is 134 g/mol. The van der Waals surface area contributed by atoms with Crippen molar-refractivity contribution in [2.45, 2.75) is 6.42 Å². The van der Waals surface area contributed by atoms with E-state index in [1.165, 1.54) is 6.21 Å².